The Bertz CT molecular complexity index is 574. The Labute approximate surface area is 109 Å². The van der Waals surface area contributed by atoms with E-state index in [4.69, 9.17) is 0 Å². The normalized spacial score (nSPS) is 15.3. The van der Waals surface area contributed by atoms with Gasteiger partial charge in [-0.15, -0.1) is 11.3 Å². The largest absolute Gasteiger partial charge is 0.304 e. The van der Waals surface area contributed by atoms with E-state index in [0.29, 0.717) is 11.7 Å². The Kier molecular flexibility index (Phi) is 2.55. The highest BCUT2D eigenvalue weighted by Crippen LogP contribution is 2.40. The fourth-order valence-electron chi connectivity index (χ4n) is 1.55. The van der Waals surface area contributed by atoms with Gasteiger partial charge in [-0.2, -0.15) is 0 Å². The van der Waals surface area contributed by atoms with E-state index in [1.165, 1.54) is 11.3 Å². The van der Waals surface area contributed by atoms with E-state index in [2.05, 4.69) is 37.5 Å². The molecule has 0 radical (unpaired) electrons. The Morgan fingerprint density at radius 3 is 2.94 bits per heavy atom. The van der Waals surface area contributed by atoms with Gasteiger partial charge in [0.25, 0.3) is 5.56 Å². The summed E-state index contributed by atoms with van der Waals surface area (Å²) in [6.07, 6.45) is 4.00. The molecule has 0 amide bonds. The lowest BCUT2D eigenvalue weighted by Gasteiger charge is -2.03. The van der Waals surface area contributed by atoms with Crippen LogP contribution in [0.5, 0.6) is 0 Å². The van der Waals surface area contributed by atoms with E-state index in [0.717, 1.165) is 27.1 Å². The Hall–Kier alpha value is -0.760. The van der Waals surface area contributed by atoms with Crippen LogP contribution in [0.4, 0.5) is 0 Å². The first kappa shape index (κ1) is 10.4. The average Bonchev–Trinajstić information content (AvgIpc) is 2.96. The molecule has 0 atom stereocenters. The third-order valence-electron chi connectivity index (χ3n) is 2.49. The fraction of sp³-hybridized carbons (Fsp3) is 0.300. The first-order valence-corrected chi connectivity index (χ1v) is 6.91. The van der Waals surface area contributed by atoms with Crippen molar-refractivity contribution in [3.05, 3.63) is 31.2 Å². The number of hydrogen-bond donors (Lipinski definition) is 1. The molecule has 1 aliphatic rings. The molecule has 82 valence electrons. The Balaban J connectivity index is 2.17. The van der Waals surface area contributed by atoms with Crippen molar-refractivity contribution >= 4 is 33.9 Å². The van der Waals surface area contributed by atoms with Crippen LogP contribution in [0.15, 0.2) is 16.4 Å². The van der Waals surface area contributed by atoms with Gasteiger partial charge in [0.15, 0.2) is 10.8 Å². The molecule has 0 bridgehead atoms. The van der Waals surface area contributed by atoms with Crippen molar-refractivity contribution in [3.63, 3.8) is 0 Å². The molecule has 2 aromatic heterocycles. The summed E-state index contributed by atoms with van der Waals surface area (Å²) in [5.74, 6) is 1.08. The van der Waals surface area contributed by atoms with E-state index in [-0.39, 0.29) is 5.56 Å². The van der Waals surface area contributed by atoms with Crippen LogP contribution in [0, 0.1) is 3.57 Å². The fourth-order valence-corrected chi connectivity index (χ4v) is 2.82. The van der Waals surface area contributed by atoms with E-state index in [1.807, 2.05) is 5.38 Å². The lowest BCUT2D eigenvalue weighted by atomic mass is 10.3. The quantitative estimate of drug-likeness (QED) is 0.851. The highest BCUT2D eigenvalue weighted by atomic mass is 127. The monoisotopic (exact) mass is 345 g/mol. The molecule has 1 fully saturated rings. The van der Waals surface area contributed by atoms with Crippen LogP contribution in [0.3, 0.4) is 0 Å². The van der Waals surface area contributed by atoms with Crippen LogP contribution < -0.4 is 5.56 Å². The predicted molar refractivity (Wildman–Crippen MR) is 70.7 cm³/mol. The number of H-pyrrole nitrogens is 1. The number of halogens is 1. The molecular weight excluding hydrogens is 337 g/mol. The van der Waals surface area contributed by atoms with Crippen LogP contribution in [0.25, 0.3) is 10.8 Å². The number of rotatable bonds is 2. The van der Waals surface area contributed by atoms with Gasteiger partial charge in [0.2, 0.25) is 0 Å². The maximum Gasteiger partial charge on any atom is 0.264 e. The summed E-state index contributed by atoms with van der Waals surface area (Å²) in [6.45, 7) is 0. The van der Waals surface area contributed by atoms with E-state index < -0.39 is 0 Å². The number of hydrogen-bond acceptors (Lipinski definition) is 4. The van der Waals surface area contributed by atoms with Gasteiger partial charge in [0.1, 0.15) is 3.57 Å². The minimum atomic E-state index is -0.0531. The van der Waals surface area contributed by atoms with Crippen LogP contribution >= 0.6 is 33.9 Å². The lowest BCUT2D eigenvalue weighted by molar-refractivity contribution is 0.956. The average molecular weight is 345 g/mol. The van der Waals surface area contributed by atoms with Crippen molar-refractivity contribution in [1.82, 2.24) is 15.0 Å². The van der Waals surface area contributed by atoms with Crippen LogP contribution in [0.1, 0.15) is 24.5 Å². The SMILES string of the molecule is O=c1[nH]c(-c2nccs2)nc(C2CC2)c1I. The van der Waals surface area contributed by atoms with Gasteiger partial charge in [-0.25, -0.2) is 9.97 Å². The van der Waals surface area contributed by atoms with Crippen molar-refractivity contribution in [1.29, 1.82) is 0 Å². The van der Waals surface area contributed by atoms with Crippen molar-refractivity contribution in [2.24, 2.45) is 0 Å². The molecule has 3 rings (SSSR count). The summed E-state index contributed by atoms with van der Waals surface area (Å²) in [5, 5.41) is 2.65. The molecule has 0 unspecified atom stereocenters. The molecule has 1 N–H and O–H groups in total. The smallest absolute Gasteiger partial charge is 0.264 e. The lowest BCUT2D eigenvalue weighted by Crippen LogP contribution is -2.15. The highest BCUT2D eigenvalue weighted by molar-refractivity contribution is 14.1. The molecule has 6 heteroatoms. The molecule has 1 saturated carbocycles. The van der Waals surface area contributed by atoms with Gasteiger partial charge >= 0.3 is 0 Å². The number of nitrogens with one attached hydrogen (secondary N) is 1. The second-order valence-corrected chi connectivity index (χ2v) is 5.70. The summed E-state index contributed by atoms with van der Waals surface area (Å²) in [4.78, 5) is 23.2. The standard InChI is InChI=1S/C10H8IN3OS/c11-6-7(5-1-2-5)13-8(14-9(6)15)10-12-3-4-16-10/h3-5H,1-2H2,(H,13,14,15). The molecule has 1 aliphatic carbocycles. The maximum atomic E-state index is 11.8. The summed E-state index contributed by atoms with van der Waals surface area (Å²) < 4.78 is 0.723. The molecule has 4 nitrogen and oxygen atoms in total. The molecule has 2 heterocycles. The summed E-state index contributed by atoms with van der Waals surface area (Å²) in [7, 11) is 0. The summed E-state index contributed by atoms with van der Waals surface area (Å²) >= 11 is 3.56. The Morgan fingerprint density at radius 2 is 2.31 bits per heavy atom. The van der Waals surface area contributed by atoms with Crippen LogP contribution in [-0.4, -0.2) is 15.0 Å². The molecule has 0 spiro atoms. The first-order chi connectivity index (χ1) is 7.75. The number of nitrogens with zero attached hydrogens (tertiary/aromatic N) is 2. The predicted octanol–water partition coefficient (Wildman–Crippen LogP) is 2.38. The molecule has 2 aromatic rings. The Morgan fingerprint density at radius 1 is 1.50 bits per heavy atom. The molecule has 0 aromatic carbocycles. The van der Waals surface area contributed by atoms with Crippen molar-refractivity contribution < 1.29 is 0 Å². The number of aromatic nitrogens is 3. The minimum Gasteiger partial charge on any atom is -0.304 e. The van der Waals surface area contributed by atoms with Crippen molar-refractivity contribution in [3.8, 4) is 10.8 Å². The molecule has 0 saturated heterocycles. The summed E-state index contributed by atoms with van der Waals surface area (Å²) in [6, 6.07) is 0. The summed E-state index contributed by atoms with van der Waals surface area (Å²) in [5.41, 5.74) is 0.886. The van der Waals surface area contributed by atoms with E-state index in [9.17, 15) is 4.79 Å². The zero-order valence-electron chi connectivity index (χ0n) is 8.24. The third-order valence-corrected chi connectivity index (χ3v) is 4.31. The van der Waals surface area contributed by atoms with E-state index >= 15 is 0 Å². The minimum absolute atomic E-state index is 0.0531. The van der Waals surface area contributed by atoms with Crippen LogP contribution in [-0.2, 0) is 0 Å². The molecule has 16 heavy (non-hydrogen) atoms. The zero-order valence-corrected chi connectivity index (χ0v) is 11.2. The van der Waals surface area contributed by atoms with Crippen LogP contribution in [0.2, 0.25) is 0 Å². The van der Waals surface area contributed by atoms with Gasteiger partial charge < -0.3 is 4.98 Å². The van der Waals surface area contributed by atoms with E-state index in [1.54, 1.807) is 6.20 Å². The van der Waals surface area contributed by atoms with Gasteiger partial charge in [-0.1, -0.05) is 0 Å². The van der Waals surface area contributed by atoms with Gasteiger partial charge in [0, 0.05) is 17.5 Å². The zero-order chi connectivity index (χ0) is 11.1. The third kappa shape index (κ3) is 1.80. The van der Waals surface area contributed by atoms with Gasteiger partial charge in [0.05, 0.1) is 5.69 Å². The first-order valence-electron chi connectivity index (χ1n) is 4.95. The number of aromatic amines is 1. The second-order valence-electron chi connectivity index (χ2n) is 3.73. The second kappa shape index (κ2) is 3.92. The number of thiazole rings is 1. The van der Waals surface area contributed by atoms with Gasteiger partial charge in [-0.05, 0) is 35.4 Å². The highest BCUT2D eigenvalue weighted by Gasteiger charge is 2.29. The molecule has 0 aliphatic heterocycles. The van der Waals surface area contributed by atoms with Crippen molar-refractivity contribution in [2.45, 2.75) is 18.8 Å². The topological polar surface area (TPSA) is 58.6 Å². The van der Waals surface area contributed by atoms with Crippen molar-refractivity contribution in [2.75, 3.05) is 0 Å². The van der Waals surface area contributed by atoms with Gasteiger partial charge in [-0.3, -0.25) is 4.79 Å². The molecular formula is C10H8IN3OS. The maximum absolute atomic E-state index is 11.8.